The largest absolute Gasteiger partial charge is 0.478 e. The van der Waals surface area contributed by atoms with Crippen molar-refractivity contribution >= 4 is 11.9 Å². The molecule has 1 aromatic heterocycles. The summed E-state index contributed by atoms with van der Waals surface area (Å²) in [4.78, 5) is 35.1. The topological polar surface area (TPSA) is 107 Å². The summed E-state index contributed by atoms with van der Waals surface area (Å²) < 4.78 is 12.6. The molecule has 0 saturated carbocycles. The average molecular weight is 383 g/mol. The molecule has 0 aliphatic rings. The Hall–Kier alpha value is -3.74. The zero-order chi connectivity index (χ0) is 20.7. The number of aromatic amines is 1. The summed E-state index contributed by atoms with van der Waals surface area (Å²) in [5, 5.41) is 17.3. The number of aryl methyl sites for hydroxylation is 1. The Morgan fingerprint density at radius 2 is 1.68 bits per heavy atom. The van der Waals surface area contributed by atoms with Gasteiger partial charge in [0.05, 0.1) is 11.1 Å². The van der Waals surface area contributed by atoms with Crippen LogP contribution in [0.15, 0.2) is 65.6 Å². The van der Waals surface area contributed by atoms with Crippen molar-refractivity contribution in [3.63, 3.8) is 0 Å². The second-order valence-electron chi connectivity index (χ2n) is 5.97. The maximum atomic E-state index is 12.6. The van der Waals surface area contributed by atoms with E-state index in [2.05, 4.69) is 4.98 Å². The van der Waals surface area contributed by atoms with Crippen LogP contribution < -0.4 is 5.56 Å². The third kappa shape index (κ3) is 5.63. The van der Waals surface area contributed by atoms with Gasteiger partial charge in [-0.25, -0.2) is 14.0 Å². The van der Waals surface area contributed by atoms with Crippen molar-refractivity contribution in [3.05, 3.63) is 105 Å². The SMILES string of the molecule is Cc1ccc(C(=O)O)cc1C(=O)O.O=c1[nH]cccc1Cc1ccc(F)cc1. The predicted octanol–water partition coefficient (Wildman–Crippen LogP) is 3.50. The Labute approximate surface area is 159 Å². The highest BCUT2D eigenvalue weighted by Gasteiger charge is 2.10. The van der Waals surface area contributed by atoms with Gasteiger partial charge in [0.15, 0.2) is 0 Å². The Morgan fingerprint density at radius 3 is 2.25 bits per heavy atom. The molecule has 2 aromatic carbocycles. The lowest BCUT2D eigenvalue weighted by Crippen LogP contribution is -2.11. The van der Waals surface area contributed by atoms with Crippen molar-refractivity contribution < 1.29 is 24.2 Å². The molecule has 7 heteroatoms. The molecule has 28 heavy (non-hydrogen) atoms. The predicted molar refractivity (Wildman–Crippen MR) is 101 cm³/mol. The Kier molecular flexibility index (Phi) is 6.81. The minimum Gasteiger partial charge on any atom is -0.478 e. The fourth-order valence-electron chi connectivity index (χ4n) is 2.40. The molecular weight excluding hydrogens is 365 g/mol. The van der Waals surface area contributed by atoms with E-state index in [0.717, 1.165) is 11.6 Å². The molecule has 0 unspecified atom stereocenters. The first-order chi connectivity index (χ1) is 13.3. The molecule has 0 saturated heterocycles. The number of carboxylic acid groups (broad SMARTS) is 2. The van der Waals surface area contributed by atoms with Gasteiger partial charge >= 0.3 is 11.9 Å². The molecule has 0 spiro atoms. The van der Waals surface area contributed by atoms with E-state index in [1.54, 1.807) is 37.4 Å². The van der Waals surface area contributed by atoms with E-state index in [4.69, 9.17) is 10.2 Å². The highest BCUT2D eigenvalue weighted by molar-refractivity contribution is 5.94. The number of H-pyrrole nitrogens is 1. The van der Waals surface area contributed by atoms with Crippen LogP contribution in [0.3, 0.4) is 0 Å². The Balaban J connectivity index is 0.000000203. The van der Waals surface area contributed by atoms with Crippen LogP contribution in [-0.4, -0.2) is 27.1 Å². The number of hydrogen-bond donors (Lipinski definition) is 3. The van der Waals surface area contributed by atoms with Crippen LogP contribution in [-0.2, 0) is 6.42 Å². The highest BCUT2D eigenvalue weighted by atomic mass is 19.1. The summed E-state index contributed by atoms with van der Waals surface area (Å²) in [6.45, 7) is 1.62. The number of nitrogens with one attached hydrogen (secondary N) is 1. The lowest BCUT2D eigenvalue weighted by molar-refractivity contribution is 0.0695. The third-order valence-corrected chi connectivity index (χ3v) is 3.92. The molecule has 0 amide bonds. The van der Waals surface area contributed by atoms with Crippen LogP contribution in [0.5, 0.6) is 0 Å². The van der Waals surface area contributed by atoms with Crippen LogP contribution in [0, 0.1) is 12.7 Å². The molecule has 1 heterocycles. The summed E-state index contributed by atoms with van der Waals surface area (Å²) in [5.74, 6) is -2.50. The molecule has 0 fully saturated rings. The Morgan fingerprint density at radius 1 is 1.00 bits per heavy atom. The quantitative estimate of drug-likeness (QED) is 0.639. The van der Waals surface area contributed by atoms with Crippen molar-refractivity contribution in [1.29, 1.82) is 0 Å². The van der Waals surface area contributed by atoms with E-state index in [0.29, 0.717) is 17.5 Å². The van der Waals surface area contributed by atoms with Gasteiger partial charge in [-0.15, -0.1) is 0 Å². The van der Waals surface area contributed by atoms with E-state index in [9.17, 15) is 18.8 Å². The third-order valence-electron chi connectivity index (χ3n) is 3.92. The fraction of sp³-hybridized carbons (Fsp3) is 0.0952. The van der Waals surface area contributed by atoms with Crippen LogP contribution in [0.25, 0.3) is 0 Å². The number of carboxylic acids is 2. The minimum absolute atomic E-state index is 0.0111. The van der Waals surface area contributed by atoms with Crippen molar-refractivity contribution in [2.45, 2.75) is 13.3 Å². The second-order valence-corrected chi connectivity index (χ2v) is 5.97. The molecule has 3 N–H and O–H groups in total. The standard InChI is InChI=1S/C12H10FNO.C9H8O4/c13-11-5-3-9(4-6-11)8-10-2-1-7-14-12(10)15;1-5-2-3-6(8(10)11)4-7(5)9(12)13/h1-7H,8H2,(H,14,15);2-4H,1H3,(H,10,11)(H,12,13). The van der Waals surface area contributed by atoms with E-state index in [-0.39, 0.29) is 22.5 Å². The van der Waals surface area contributed by atoms with E-state index in [1.807, 2.05) is 0 Å². The molecule has 6 nitrogen and oxygen atoms in total. The van der Waals surface area contributed by atoms with Gasteiger partial charge in [0, 0.05) is 18.2 Å². The average Bonchev–Trinajstić information content (AvgIpc) is 2.66. The van der Waals surface area contributed by atoms with Crippen LogP contribution in [0.2, 0.25) is 0 Å². The van der Waals surface area contributed by atoms with Gasteiger partial charge in [-0.05, 0) is 48.4 Å². The summed E-state index contributed by atoms with van der Waals surface area (Å²) in [6.07, 6.45) is 2.12. The zero-order valence-corrected chi connectivity index (χ0v) is 15.0. The first-order valence-electron chi connectivity index (χ1n) is 8.26. The van der Waals surface area contributed by atoms with Crippen molar-refractivity contribution in [2.75, 3.05) is 0 Å². The molecule has 3 rings (SSSR count). The first kappa shape index (κ1) is 20.6. The summed E-state index contributed by atoms with van der Waals surface area (Å²) in [6, 6.07) is 13.7. The van der Waals surface area contributed by atoms with Crippen molar-refractivity contribution in [1.82, 2.24) is 4.98 Å². The fourth-order valence-corrected chi connectivity index (χ4v) is 2.40. The zero-order valence-electron chi connectivity index (χ0n) is 15.0. The molecular formula is C21H18FNO5. The molecule has 144 valence electrons. The molecule has 0 radical (unpaired) electrons. The monoisotopic (exact) mass is 383 g/mol. The lowest BCUT2D eigenvalue weighted by Gasteiger charge is -2.01. The Bertz CT molecular complexity index is 1040. The first-order valence-corrected chi connectivity index (χ1v) is 8.26. The maximum absolute atomic E-state index is 12.6. The van der Waals surface area contributed by atoms with E-state index in [1.165, 1.54) is 24.3 Å². The van der Waals surface area contributed by atoms with Crippen LogP contribution >= 0.6 is 0 Å². The van der Waals surface area contributed by atoms with Gasteiger partial charge in [0.25, 0.3) is 5.56 Å². The number of pyridine rings is 1. The number of aromatic nitrogens is 1. The number of hydrogen-bond acceptors (Lipinski definition) is 3. The van der Waals surface area contributed by atoms with E-state index >= 15 is 0 Å². The number of halogens is 1. The van der Waals surface area contributed by atoms with Gasteiger partial charge in [-0.2, -0.15) is 0 Å². The van der Waals surface area contributed by atoms with Crippen LogP contribution in [0.4, 0.5) is 4.39 Å². The van der Waals surface area contributed by atoms with Crippen LogP contribution in [0.1, 0.15) is 37.4 Å². The number of benzene rings is 2. The smallest absolute Gasteiger partial charge is 0.335 e. The minimum atomic E-state index is -1.12. The molecule has 0 atom stereocenters. The van der Waals surface area contributed by atoms with Gasteiger partial charge in [-0.1, -0.05) is 24.3 Å². The maximum Gasteiger partial charge on any atom is 0.335 e. The van der Waals surface area contributed by atoms with Gasteiger partial charge < -0.3 is 15.2 Å². The summed E-state index contributed by atoms with van der Waals surface area (Å²) in [5.41, 5.74) is 2.08. The summed E-state index contributed by atoms with van der Waals surface area (Å²) in [7, 11) is 0. The number of aromatic carboxylic acids is 2. The van der Waals surface area contributed by atoms with Gasteiger partial charge in [-0.3, -0.25) is 4.79 Å². The molecule has 0 aliphatic heterocycles. The molecule has 3 aromatic rings. The summed E-state index contributed by atoms with van der Waals surface area (Å²) >= 11 is 0. The van der Waals surface area contributed by atoms with Crippen molar-refractivity contribution in [2.24, 2.45) is 0 Å². The molecule has 0 bridgehead atoms. The molecule has 0 aliphatic carbocycles. The number of carbonyl (C=O) groups is 2. The van der Waals surface area contributed by atoms with Crippen molar-refractivity contribution in [3.8, 4) is 0 Å². The lowest BCUT2D eigenvalue weighted by atomic mass is 10.1. The normalized spacial score (nSPS) is 9.93. The number of rotatable bonds is 4. The van der Waals surface area contributed by atoms with E-state index < -0.39 is 11.9 Å². The van der Waals surface area contributed by atoms with Gasteiger partial charge in [0.2, 0.25) is 0 Å². The highest BCUT2D eigenvalue weighted by Crippen LogP contribution is 2.11. The second kappa shape index (κ2) is 9.27. The van der Waals surface area contributed by atoms with Gasteiger partial charge in [0.1, 0.15) is 5.82 Å².